The summed E-state index contributed by atoms with van der Waals surface area (Å²) < 4.78 is 0. The highest BCUT2D eigenvalue weighted by molar-refractivity contribution is 5.89. The Morgan fingerprint density at radius 3 is 2.06 bits per heavy atom. The van der Waals surface area contributed by atoms with E-state index in [0.717, 1.165) is 18.5 Å². The first-order valence-electron chi connectivity index (χ1n) is 12.7. The molecular weight excluding hydrogens is 440 g/mol. The molecule has 1 aliphatic carbocycles. The van der Waals surface area contributed by atoms with Gasteiger partial charge in [0.05, 0.1) is 0 Å². The molecule has 2 aliphatic rings. The average molecular weight is 479 g/mol. The molecule has 1 saturated heterocycles. The zero-order valence-electron chi connectivity index (χ0n) is 20.4. The molecule has 0 aromatic heterocycles. The number of carboxylic acid groups (broad SMARTS) is 2. The minimum absolute atomic E-state index is 0.558. The zero-order chi connectivity index (χ0) is 24.9. The van der Waals surface area contributed by atoms with E-state index in [4.69, 9.17) is 10.2 Å². The van der Waals surface area contributed by atoms with Gasteiger partial charge < -0.3 is 15.5 Å². The zero-order valence-corrected chi connectivity index (χ0v) is 20.4. The predicted molar refractivity (Wildman–Crippen MR) is 139 cm³/mol. The van der Waals surface area contributed by atoms with Gasteiger partial charge in [-0.2, -0.15) is 0 Å². The Bertz CT molecular complexity index is 932. The minimum Gasteiger partial charge on any atom is -0.478 e. The Labute approximate surface area is 208 Å². The highest BCUT2D eigenvalue weighted by atomic mass is 16.4. The van der Waals surface area contributed by atoms with Crippen LogP contribution >= 0.6 is 0 Å². The second kappa shape index (κ2) is 14.4. The van der Waals surface area contributed by atoms with Crippen molar-refractivity contribution < 1.29 is 19.8 Å². The van der Waals surface area contributed by atoms with Crippen LogP contribution in [0.2, 0.25) is 0 Å². The van der Waals surface area contributed by atoms with Crippen LogP contribution in [0.3, 0.4) is 0 Å². The Morgan fingerprint density at radius 1 is 0.829 bits per heavy atom. The lowest BCUT2D eigenvalue weighted by molar-refractivity contribution is -0.134. The maximum Gasteiger partial charge on any atom is 0.328 e. The molecule has 1 saturated carbocycles. The topological polar surface area (TPSA) is 89.9 Å². The van der Waals surface area contributed by atoms with E-state index in [1.54, 1.807) is 0 Å². The number of rotatable bonds is 8. The fourth-order valence-electron chi connectivity index (χ4n) is 5.13. The van der Waals surface area contributed by atoms with Gasteiger partial charge in [-0.15, -0.1) is 0 Å². The number of hydrogen-bond donors (Lipinski definition) is 3. The fourth-order valence-corrected chi connectivity index (χ4v) is 5.13. The molecule has 0 bridgehead atoms. The Kier molecular flexibility index (Phi) is 11.0. The maximum absolute atomic E-state index is 9.55. The Balaban J connectivity index is 0.000000371. The number of nitrogens with one attached hydrogen (secondary N) is 1. The van der Waals surface area contributed by atoms with Crippen molar-refractivity contribution >= 4 is 11.9 Å². The van der Waals surface area contributed by atoms with Crippen LogP contribution in [0.15, 0.2) is 66.7 Å². The molecule has 0 unspecified atom stereocenters. The molecule has 0 amide bonds. The highest BCUT2D eigenvalue weighted by Gasteiger charge is 2.25. The summed E-state index contributed by atoms with van der Waals surface area (Å²) in [6, 6.07) is 20.7. The van der Waals surface area contributed by atoms with Crippen LogP contribution in [0.4, 0.5) is 0 Å². The summed E-state index contributed by atoms with van der Waals surface area (Å²) >= 11 is 0. The largest absolute Gasteiger partial charge is 0.478 e. The van der Waals surface area contributed by atoms with Gasteiger partial charge in [-0.25, -0.2) is 9.59 Å². The van der Waals surface area contributed by atoms with Gasteiger partial charge in [0.1, 0.15) is 0 Å². The van der Waals surface area contributed by atoms with Gasteiger partial charge in [-0.3, -0.25) is 4.90 Å². The van der Waals surface area contributed by atoms with Gasteiger partial charge in [0.15, 0.2) is 0 Å². The lowest BCUT2D eigenvalue weighted by Crippen LogP contribution is -2.45. The quantitative estimate of drug-likeness (QED) is 0.452. The van der Waals surface area contributed by atoms with Crippen molar-refractivity contribution in [2.75, 3.05) is 19.6 Å². The summed E-state index contributed by atoms with van der Waals surface area (Å²) in [4.78, 5) is 21.9. The molecule has 3 N–H and O–H groups in total. The molecule has 1 heterocycles. The normalized spacial score (nSPS) is 17.2. The second-order valence-corrected chi connectivity index (χ2v) is 9.45. The van der Waals surface area contributed by atoms with Crippen molar-refractivity contribution in [2.45, 2.75) is 57.5 Å². The van der Waals surface area contributed by atoms with Gasteiger partial charge >= 0.3 is 11.9 Å². The van der Waals surface area contributed by atoms with Crippen molar-refractivity contribution in [3.8, 4) is 11.1 Å². The van der Waals surface area contributed by atoms with Gasteiger partial charge in [0.25, 0.3) is 0 Å². The van der Waals surface area contributed by atoms with E-state index in [-0.39, 0.29) is 0 Å². The number of benzene rings is 2. The molecule has 2 aromatic rings. The monoisotopic (exact) mass is 478 g/mol. The number of hydrogen-bond acceptors (Lipinski definition) is 4. The Morgan fingerprint density at radius 2 is 1.43 bits per heavy atom. The molecule has 2 fully saturated rings. The van der Waals surface area contributed by atoms with Crippen LogP contribution in [0.1, 0.15) is 50.5 Å². The molecule has 0 radical (unpaired) electrons. The number of nitrogens with zero attached hydrogens (tertiary/aromatic N) is 1. The van der Waals surface area contributed by atoms with Crippen molar-refractivity contribution in [3.05, 3.63) is 72.3 Å². The molecule has 1 aliphatic heterocycles. The van der Waals surface area contributed by atoms with Gasteiger partial charge in [-0.1, -0.05) is 73.9 Å². The second-order valence-electron chi connectivity index (χ2n) is 9.45. The standard InChI is InChI=1S/C25H34N2.C4H4O4/c1-3-9-21(10-4-1)19-27(24-15-17-26-18-16-24)20-23-13-7-8-14-25(23)22-11-5-2-6-12-22;5-3(6)1-2-4(7)8/h2,5-8,11-14,21,24,26H,1,3-4,9-10,15-20H2;1-2H,(H,5,6)(H,7,8)/b;2-1+. The minimum atomic E-state index is -1.26. The molecule has 0 atom stereocenters. The summed E-state index contributed by atoms with van der Waals surface area (Å²) in [6.07, 6.45) is 10.9. The number of carboxylic acids is 2. The summed E-state index contributed by atoms with van der Waals surface area (Å²) in [5.74, 6) is -1.61. The average Bonchev–Trinajstić information content (AvgIpc) is 2.89. The molecule has 0 spiro atoms. The number of piperidine rings is 1. The molecule has 188 valence electrons. The van der Waals surface area contributed by atoms with Crippen molar-refractivity contribution in [1.82, 2.24) is 10.2 Å². The molecule has 6 nitrogen and oxygen atoms in total. The van der Waals surface area contributed by atoms with Gasteiger partial charge in [-0.05, 0) is 61.4 Å². The summed E-state index contributed by atoms with van der Waals surface area (Å²) in [7, 11) is 0. The number of carbonyl (C=O) groups is 2. The molecule has 4 rings (SSSR count). The molecular formula is C29H38N2O4. The van der Waals surface area contributed by atoms with Crippen LogP contribution in [-0.2, 0) is 16.1 Å². The third-order valence-corrected chi connectivity index (χ3v) is 6.89. The van der Waals surface area contributed by atoms with E-state index in [9.17, 15) is 9.59 Å². The van der Waals surface area contributed by atoms with E-state index in [1.165, 1.54) is 81.3 Å². The Hall–Kier alpha value is -2.96. The third kappa shape index (κ3) is 9.30. The lowest BCUT2D eigenvalue weighted by Gasteiger charge is -2.38. The van der Waals surface area contributed by atoms with Crippen molar-refractivity contribution in [1.29, 1.82) is 0 Å². The third-order valence-electron chi connectivity index (χ3n) is 6.89. The molecule has 6 heteroatoms. The van der Waals surface area contributed by atoms with Crippen molar-refractivity contribution in [2.24, 2.45) is 5.92 Å². The first kappa shape index (κ1) is 26.6. The molecule has 35 heavy (non-hydrogen) atoms. The summed E-state index contributed by atoms with van der Waals surface area (Å²) in [5, 5.41) is 19.2. The number of aliphatic carboxylic acids is 2. The van der Waals surface area contributed by atoms with Crippen LogP contribution in [0.25, 0.3) is 11.1 Å². The molecule has 2 aromatic carbocycles. The van der Waals surface area contributed by atoms with Crippen LogP contribution in [0.5, 0.6) is 0 Å². The van der Waals surface area contributed by atoms with E-state index in [0.29, 0.717) is 12.2 Å². The van der Waals surface area contributed by atoms with E-state index < -0.39 is 11.9 Å². The van der Waals surface area contributed by atoms with Gasteiger partial charge in [0.2, 0.25) is 0 Å². The first-order valence-corrected chi connectivity index (χ1v) is 12.7. The SMILES string of the molecule is O=C(O)/C=C/C(=O)O.c1ccc(-c2ccccc2CN(CC2CCCCC2)C2CCNCC2)cc1. The summed E-state index contributed by atoms with van der Waals surface area (Å²) in [5.41, 5.74) is 4.23. The van der Waals surface area contributed by atoms with Crippen molar-refractivity contribution in [3.63, 3.8) is 0 Å². The van der Waals surface area contributed by atoms with Crippen LogP contribution in [-0.4, -0.2) is 52.7 Å². The smallest absolute Gasteiger partial charge is 0.328 e. The fraction of sp³-hybridized carbons (Fsp3) is 0.448. The van der Waals surface area contributed by atoms with Crippen LogP contribution < -0.4 is 5.32 Å². The van der Waals surface area contributed by atoms with E-state index in [2.05, 4.69) is 64.8 Å². The van der Waals surface area contributed by atoms with E-state index >= 15 is 0 Å². The first-order chi connectivity index (χ1) is 17.0. The van der Waals surface area contributed by atoms with E-state index in [1.807, 2.05) is 0 Å². The maximum atomic E-state index is 9.55. The highest BCUT2D eigenvalue weighted by Crippen LogP contribution is 2.29. The van der Waals surface area contributed by atoms with Gasteiger partial charge in [0, 0.05) is 31.3 Å². The lowest BCUT2D eigenvalue weighted by atomic mass is 9.88. The summed E-state index contributed by atoms with van der Waals surface area (Å²) in [6.45, 7) is 4.72. The predicted octanol–water partition coefficient (Wildman–Crippen LogP) is 5.20. The van der Waals surface area contributed by atoms with Crippen LogP contribution in [0, 0.1) is 5.92 Å².